The second-order valence-electron chi connectivity index (χ2n) is 5.43. The second kappa shape index (κ2) is 4.85. The molecule has 4 nitrogen and oxygen atoms in total. The summed E-state index contributed by atoms with van der Waals surface area (Å²) in [5, 5.41) is 2.67. The molecular weight excluding hydrogens is 204 g/mol. The predicted octanol–water partition coefficient (Wildman–Crippen LogP) is 1.02. The molecule has 0 unspecified atom stereocenters. The third kappa shape index (κ3) is 2.97. The van der Waals surface area contributed by atoms with E-state index in [1.54, 1.807) is 7.05 Å². The second-order valence-corrected chi connectivity index (χ2v) is 5.43. The van der Waals surface area contributed by atoms with Crippen LogP contribution in [-0.4, -0.2) is 36.9 Å². The highest BCUT2D eigenvalue weighted by Gasteiger charge is 2.31. The normalized spacial score (nSPS) is 18.4. The summed E-state index contributed by atoms with van der Waals surface area (Å²) in [6.07, 6.45) is 1.56. The smallest absolute Gasteiger partial charge is 0.227 e. The number of hydrogen-bond donors (Lipinski definition) is 1. The minimum Gasteiger partial charge on any atom is -0.359 e. The molecule has 1 heterocycles. The van der Waals surface area contributed by atoms with E-state index in [0.29, 0.717) is 13.1 Å². The lowest BCUT2D eigenvalue weighted by Crippen LogP contribution is -2.46. The van der Waals surface area contributed by atoms with Gasteiger partial charge in [0.15, 0.2) is 0 Å². The van der Waals surface area contributed by atoms with Crippen molar-refractivity contribution < 1.29 is 9.59 Å². The van der Waals surface area contributed by atoms with Crippen molar-refractivity contribution >= 4 is 11.8 Å². The molecule has 0 aliphatic carbocycles. The van der Waals surface area contributed by atoms with E-state index in [2.05, 4.69) is 5.32 Å². The Labute approximate surface area is 97.4 Å². The predicted molar refractivity (Wildman–Crippen MR) is 62.8 cm³/mol. The van der Waals surface area contributed by atoms with Crippen molar-refractivity contribution in [1.29, 1.82) is 0 Å². The van der Waals surface area contributed by atoms with Crippen LogP contribution in [0.4, 0.5) is 0 Å². The molecule has 0 radical (unpaired) electrons. The van der Waals surface area contributed by atoms with Gasteiger partial charge in [-0.3, -0.25) is 9.59 Å². The number of likely N-dealkylation sites (tertiary alicyclic amines) is 1. The summed E-state index contributed by atoms with van der Waals surface area (Å²) in [7, 11) is 1.66. The van der Waals surface area contributed by atoms with E-state index in [1.807, 2.05) is 25.7 Å². The lowest BCUT2D eigenvalue weighted by molar-refractivity contribution is -0.142. The van der Waals surface area contributed by atoms with E-state index >= 15 is 0 Å². The zero-order chi connectivity index (χ0) is 12.3. The molecular formula is C12H22N2O2. The van der Waals surface area contributed by atoms with Crippen molar-refractivity contribution in [3.05, 3.63) is 0 Å². The Morgan fingerprint density at radius 1 is 1.19 bits per heavy atom. The summed E-state index contributed by atoms with van der Waals surface area (Å²) in [4.78, 5) is 25.3. The molecule has 0 aromatic carbocycles. The first-order valence-electron chi connectivity index (χ1n) is 5.87. The molecule has 2 amide bonds. The van der Waals surface area contributed by atoms with Crippen molar-refractivity contribution in [2.45, 2.75) is 33.6 Å². The number of nitrogens with zero attached hydrogens (tertiary/aromatic N) is 1. The molecule has 4 heteroatoms. The number of nitrogens with one attached hydrogen (secondary N) is 1. The summed E-state index contributed by atoms with van der Waals surface area (Å²) < 4.78 is 0. The average Bonchev–Trinajstić information content (AvgIpc) is 2.26. The van der Waals surface area contributed by atoms with E-state index in [-0.39, 0.29) is 23.1 Å². The van der Waals surface area contributed by atoms with Gasteiger partial charge in [-0.1, -0.05) is 20.8 Å². The fourth-order valence-electron chi connectivity index (χ4n) is 2.02. The van der Waals surface area contributed by atoms with Gasteiger partial charge < -0.3 is 10.2 Å². The maximum atomic E-state index is 12.0. The summed E-state index contributed by atoms with van der Waals surface area (Å²) in [6, 6.07) is 0. The van der Waals surface area contributed by atoms with Gasteiger partial charge in [-0.25, -0.2) is 0 Å². The van der Waals surface area contributed by atoms with Crippen LogP contribution in [0.1, 0.15) is 33.6 Å². The van der Waals surface area contributed by atoms with Crippen LogP contribution in [0.5, 0.6) is 0 Å². The first kappa shape index (κ1) is 13.0. The molecule has 1 aliphatic heterocycles. The standard InChI is InChI=1S/C12H22N2O2/c1-12(2,3)11(16)14-7-5-9(6-8-14)10(15)13-4/h9H,5-8H2,1-4H3,(H,13,15). The number of piperidine rings is 1. The van der Waals surface area contributed by atoms with Crippen LogP contribution in [-0.2, 0) is 9.59 Å². The first-order chi connectivity index (χ1) is 7.36. The van der Waals surface area contributed by atoms with Crippen molar-refractivity contribution in [2.75, 3.05) is 20.1 Å². The zero-order valence-electron chi connectivity index (χ0n) is 10.7. The highest BCUT2D eigenvalue weighted by molar-refractivity contribution is 5.82. The average molecular weight is 226 g/mol. The van der Waals surface area contributed by atoms with E-state index in [1.165, 1.54) is 0 Å². The number of hydrogen-bond acceptors (Lipinski definition) is 2. The first-order valence-corrected chi connectivity index (χ1v) is 5.87. The molecule has 0 atom stereocenters. The number of carbonyl (C=O) groups is 2. The SMILES string of the molecule is CNC(=O)C1CCN(C(=O)C(C)(C)C)CC1. The number of amides is 2. The molecule has 1 fully saturated rings. The van der Waals surface area contributed by atoms with Gasteiger partial charge in [0.05, 0.1) is 0 Å². The van der Waals surface area contributed by atoms with Crippen LogP contribution >= 0.6 is 0 Å². The van der Waals surface area contributed by atoms with E-state index < -0.39 is 0 Å². The molecule has 92 valence electrons. The number of carbonyl (C=O) groups excluding carboxylic acids is 2. The molecule has 1 rings (SSSR count). The van der Waals surface area contributed by atoms with E-state index in [0.717, 1.165) is 12.8 Å². The molecule has 1 N–H and O–H groups in total. The number of rotatable bonds is 1. The van der Waals surface area contributed by atoms with Crippen LogP contribution in [0.15, 0.2) is 0 Å². The Morgan fingerprint density at radius 2 is 1.69 bits per heavy atom. The van der Waals surface area contributed by atoms with Crippen LogP contribution in [0.25, 0.3) is 0 Å². The highest BCUT2D eigenvalue weighted by Crippen LogP contribution is 2.23. The maximum Gasteiger partial charge on any atom is 0.227 e. The van der Waals surface area contributed by atoms with Gasteiger partial charge in [-0.2, -0.15) is 0 Å². The maximum absolute atomic E-state index is 12.0. The fraction of sp³-hybridized carbons (Fsp3) is 0.833. The van der Waals surface area contributed by atoms with Crippen molar-refractivity contribution in [2.24, 2.45) is 11.3 Å². The largest absolute Gasteiger partial charge is 0.359 e. The van der Waals surface area contributed by atoms with Crippen LogP contribution < -0.4 is 5.32 Å². The van der Waals surface area contributed by atoms with Gasteiger partial charge in [0.2, 0.25) is 11.8 Å². The lowest BCUT2D eigenvalue weighted by atomic mass is 9.91. The molecule has 0 aromatic heterocycles. The quantitative estimate of drug-likeness (QED) is 0.725. The summed E-state index contributed by atoms with van der Waals surface area (Å²) in [5.74, 6) is 0.361. The molecule has 16 heavy (non-hydrogen) atoms. The van der Waals surface area contributed by atoms with Gasteiger partial charge in [-0.15, -0.1) is 0 Å². The van der Waals surface area contributed by atoms with Gasteiger partial charge in [0.25, 0.3) is 0 Å². The third-order valence-electron chi connectivity index (χ3n) is 3.04. The Morgan fingerprint density at radius 3 is 2.06 bits per heavy atom. The third-order valence-corrected chi connectivity index (χ3v) is 3.04. The highest BCUT2D eigenvalue weighted by atomic mass is 16.2. The Balaban J connectivity index is 2.49. The Bertz CT molecular complexity index is 273. The van der Waals surface area contributed by atoms with Crippen molar-refractivity contribution in [1.82, 2.24) is 10.2 Å². The minimum atomic E-state index is -0.320. The van der Waals surface area contributed by atoms with Gasteiger partial charge in [0, 0.05) is 31.5 Å². The van der Waals surface area contributed by atoms with Gasteiger partial charge in [-0.05, 0) is 12.8 Å². The molecule has 0 aromatic rings. The van der Waals surface area contributed by atoms with Gasteiger partial charge in [0.1, 0.15) is 0 Å². The Hall–Kier alpha value is -1.06. The van der Waals surface area contributed by atoms with Crippen LogP contribution in [0, 0.1) is 11.3 Å². The Kier molecular flexibility index (Phi) is 3.94. The summed E-state index contributed by atoms with van der Waals surface area (Å²) >= 11 is 0. The monoisotopic (exact) mass is 226 g/mol. The van der Waals surface area contributed by atoms with E-state index in [4.69, 9.17) is 0 Å². The van der Waals surface area contributed by atoms with Crippen LogP contribution in [0.3, 0.4) is 0 Å². The molecule has 1 aliphatic rings. The van der Waals surface area contributed by atoms with Crippen LogP contribution in [0.2, 0.25) is 0 Å². The molecule has 0 spiro atoms. The van der Waals surface area contributed by atoms with Crippen molar-refractivity contribution in [3.63, 3.8) is 0 Å². The zero-order valence-corrected chi connectivity index (χ0v) is 10.7. The topological polar surface area (TPSA) is 49.4 Å². The lowest BCUT2D eigenvalue weighted by Gasteiger charge is -2.35. The van der Waals surface area contributed by atoms with Crippen molar-refractivity contribution in [3.8, 4) is 0 Å². The minimum absolute atomic E-state index is 0.0778. The molecule has 0 bridgehead atoms. The van der Waals surface area contributed by atoms with Gasteiger partial charge >= 0.3 is 0 Å². The summed E-state index contributed by atoms with van der Waals surface area (Å²) in [6.45, 7) is 7.20. The summed E-state index contributed by atoms with van der Waals surface area (Å²) in [5.41, 5.74) is -0.320. The fourth-order valence-corrected chi connectivity index (χ4v) is 2.02. The molecule has 0 saturated carbocycles. The van der Waals surface area contributed by atoms with E-state index in [9.17, 15) is 9.59 Å². The molecule has 1 saturated heterocycles.